The average molecular weight is 154 g/mol. The molecule has 0 fully saturated rings. The van der Waals surface area contributed by atoms with Crippen LogP contribution >= 0.6 is 0 Å². The molecule has 0 bridgehead atoms. The fraction of sp³-hybridized carbons (Fsp3) is 0.636. The largest absolute Gasteiger partial charge is 0.0959 e. The van der Waals surface area contributed by atoms with Crippen molar-refractivity contribution in [2.45, 2.75) is 41.0 Å². The van der Waals surface area contributed by atoms with Crippen molar-refractivity contribution in [2.75, 3.05) is 0 Å². The van der Waals surface area contributed by atoms with Gasteiger partial charge in [-0.05, 0) is 12.3 Å². The second kappa shape index (κ2) is 9.48. The van der Waals surface area contributed by atoms with E-state index in [9.17, 15) is 0 Å². The highest BCUT2D eigenvalue weighted by molar-refractivity contribution is 5.13. The summed E-state index contributed by atoms with van der Waals surface area (Å²) in [4.78, 5) is 0. The van der Waals surface area contributed by atoms with Gasteiger partial charge in [-0.1, -0.05) is 58.9 Å². The summed E-state index contributed by atoms with van der Waals surface area (Å²) in [7, 11) is 0. The molecule has 0 heteroatoms. The molecule has 11 heavy (non-hydrogen) atoms. The topological polar surface area (TPSA) is 0 Å². The highest BCUT2D eigenvalue weighted by atomic mass is 13.9. The maximum atomic E-state index is 3.86. The Bertz CT molecular complexity index is 107. The first-order valence-electron chi connectivity index (χ1n) is 4.52. The van der Waals surface area contributed by atoms with Gasteiger partial charge in [0.15, 0.2) is 0 Å². The molecular formula is C11H22. The Morgan fingerprint density at radius 1 is 1.36 bits per heavy atom. The molecule has 0 aromatic carbocycles. The highest BCUT2D eigenvalue weighted by Crippen LogP contribution is 2.01. The predicted octanol–water partition coefficient (Wildman–Crippen LogP) is 4.19. The first-order valence-corrected chi connectivity index (χ1v) is 4.52. The molecule has 66 valence electrons. The van der Waals surface area contributed by atoms with Gasteiger partial charge in [-0.25, -0.2) is 0 Å². The summed E-state index contributed by atoms with van der Waals surface area (Å²) in [5.41, 5.74) is 1.21. The van der Waals surface area contributed by atoms with E-state index in [1.165, 1.54) is 5.57 Å². The molecule has 0 saturated heterocycles. The molecule has 0 saturated carbocycles. The van der Waals surface area contributed by atoms with Crippen LogP contribution in [0.5, 0.6) is 0 Å². The summed E-state index contributed by atoms with van der Waals surface area (Å²) < 4.78 is 0. The van der Waals surface area contributed by atoms with Crippen molar-refractivity contribution in [1.82, 2.24) is 0 Å². The van der Waals surface area contributed by atoms with Crippen LogP contribution in [0.25, 0.3) is 0 Å². The van der Waals surface area contributed by atoms with E-state index >= 15 is 0 Å². The number of hydrogen-bond acceptors (Lipinski definition) is 0. The third-order valence-corrected chi connectivity index (χ3v) is 1.17. The molecule has 0 radical (unpaired) electrons. The van der Waals surface area contributed by atoms with E-state index in [4.69, 9.17) is 0 Å². The van der Waals surface area contributed by atoms with Crippen LogP contribution in [0.15, 0.2) is 24.3 Å². The maximum Gasteiger partial charge on any atom is -0.0287 e. The van der Waals surface area contributed by atoms with Crippen molar-refractivity contribution in [3.05, 3.63) is 24.3 Å². The lowest BCUT2D eigenvalue weighted by Gasteiger charge is -1.94. The van der Waals surface area contributed by atoms with Gasteiger partial charge in [0.1, 0.15) is 0 Å². The highest BCUT2D eigenvalue weighted by Gasteiger charge is 1.84. The predicted molar refractivity (Wildman–Crippen MR) is 54.8 cm³/mol. The second-order valence-corrected chi connectivity index (χ2v) is 2.61. The Balaban J connectivity index is 0. The molecule has 0 nitrogen and oxygen atoms in total. The minimum Gasteiger partial charge on any atom is -0.0959 e. The van der Waals surface area contributed by atoms with E-state index < -0.39 is 0 Å². The quantitative estimate of drug-likeness (QED) is 0.535. The van der Waals surface area contributed by atoms with E-state index in [1.807, 2.05) is 13.8 Å². The van der Waals surface area contributed by atoms with Crippen molar-refractivity contribution >= 4 is 0 Å². The van der Waals surface area contributed by atoms with Crippen molar-refractivity contribution in [2.24, 2.45) is 5.92 Å². The van der Waals surface area contributed by atoms with Crippen LogP contribution in [0, 0.1) is 5.92 Å². The molecule has 0 spiro atoms. The zero-order chi connectivity index (χ0) is 9.28. The van der Waals surface area contributed by atoms with Gasteiger partial charge < -0.3 is 0 Å². The number of rotatable bonds is 3. The van der Waals surface area contributed by atoms with Crippen LogP contribution in [0.3, 0.4) is 0 Å². The van der Waals surface area contributed by atoms with Crippen molar-refractivity contribution in [3.8, 4) is 0 Å². The number of hydrogen-bond donors (Lipinski definition) is 0. The standard InChI is InChI=1S/C9H16.C2H6/c1-5-9(4)7-6-8(2)3;1-2/h6-8H,4-5H2,1-3H3;1-2H3/b7-6-;. The first-order chi connectivity index (χ1) is 5.16. The minimum absolute atomic E-state index is 0.647. The van der Waals surface area contributed by atoms with Crippen molar-refractivity contribution in [1.29, 1.82) is 0 Å². The van der Waals surface area contributed by atoms with Crippen LogP contribution in [-0.4, -0.2) is 0 Å². The molecule has 0 aliphatic carbocycles. The lowest BCUT2D eigenvalue weighted by molar-refractivity contribution is 0.830. The second-order valence-electron chi connectivity index (χ2n) is 2.61. The van der Waals surface area contributed by atoms with Crippen LogP contribution < -0.4 is 0 Å². The number of allylic oxidation sites excluding steroid dienone is 3. The lowest BCUT2D eigenvalue weighted by atomic mass is 10.1. The fourth-order valence-electron chi connectivity index (χ4n) is 0.446. The molecule has 0 N–H and O–H groups in total. The summed E-state index contributed by atoms with van der Waals surface area (Å²) in [5, 5.41) is 0. The Labute approximate surface area is 72.0 Å². The SMILES string of the molecule is C=C(/C=C\C(C)C)CC.CC. The van der Waals surface area contributed by atoms with Crippen LogP contribution in [0.1, 0.15) is 41.0 Å². The van der Waals surface area contributed by atoms with Crippen molar-refractivity contribution in [3.63, 3.8) is 0 Å². The summed E-state index contributed by atoms with van der Waals surface area (Å²) in [6.45, 7) is 14.3. The molecule has 0 aliphatic heterocycles. The molecule has 0 amide bonds. The molecule has 0 atom stereocenters. The molecule has 0 rings (SSSR count). The molecular weight excluding hydrogens is 132 g/mol. The van der Waals surface area contributed by atoms with E-state index in [0.717, 1.165) is 6.42 Å². The van der Waals surface area contributed by atoms with Crippen LogP contribution in [0.2, 0.25) is 0 Å². The van der Waals surface area contributed by atoms with E-state index in [-0.39, 0.29) is 0 Å². The van der Waals surface area contributed by atoms with E-state index in [2.05, 4.69) is 39.5 Å². The monoisotopic (exact) mass is 154 g/mol. The Morgan fingerprint density at radius 3 is 2.09 bits per heavy atom. The molecule has 0 heterocycles. The zero-order valence-corrected chi connectivity index (χ0v) is 8.65. The Morgan fingerprint density at radius 2 is 1.82 bits per heavy atom. The fourth-order valence-corrected chi connectivity index (χ4v) is 0.446. The Kier molecular flexibility index (Phi) is 11.3. The summed E-state index contributed by atoms with van der Waals surface area (Å²) in [6.07, 6.45) is 5.33. The summed E-state index contributed by atoms with van der Waals surface area (Å²) in [5.74, 6) is 0.647. The first kappa shape index (κ1) is 13.1. The summed E-state index contributed by atoms with van der Waals surface area (Å²) in [6, 6.07) is 0. The van der Waals surface area contributed by atoms with Gasteiger partial charge in [0, 0.05) is 0 Å². The maximum absolute atomic E-state index is 3.86. The van der Waals surface area contributed by atoms with Gasteiger partial charge in [0.05, 0.1) is 0 Å². The van der Waals surface area contributed by atoms with Gasteiger partial charge in [-0.3, -0.25) is 0 Å². The third kappa shape index (κ3) is 12.6. The van der Waals surface area contributed by atoms with Crippen LogP contribution in [-0.2, 0) is 0 Å². The molecule has 0 aromatic rings. The smallest absolute Gasteiger partial charge is 0.0287 e. The van der Waals surface area contributed by atoms with E-state index in [0.29, 0.717) is 5.92 Å². The molecule has 0 aromatic heterocycles. The van der Waals surface area contributed by atoms with E-state index in [1.54, 1.807) is 0 Å². The zero-order valence-electron chi connectivity index (χ0n) is 8.65. The van der Waals surface area contributed by atoms with Crippen molar-refractivity contribution < 1.29 is 0 Å². The van der Waals surface area contributed by atoms with Gasteiger partial charge in [0.25, 0.3) is 0 Å². The average Bonchev–Trinajstić information content (AvgIpc) is 2.04. The van der Waals surface area contributed by atoms with Gasteiger partial charge >= 0.3 is 0 Å². The Hall–Kier alpha value is -0.520. The summed E-state index contributed by atoms with van der Waals surface area (Å²) >= 11 is 0. The van der Waals surface area contributed by atoms with Gasteiger partial charge in [-0.2, -0.15) is 0 Å². The normalized spacial score (nSPS) is 9.64. The molecule has 0 aliphatic rings. The minimum atomic E-state index is 0.647. The van der Waals surface area contributed by atoms with Crippen LogP contribution in [0.4, 0.5) is 0 Å². The third-order valence-electron chi connectivity index (χ3n) is 1.17. The lowest BCUT2D eigenvalue weighted by Crippen LogP contribution is -1.77. The van der Waals surface area contributed by atoms with Gasteiger partial charge in [-0.15, -0.1) is 0 Å². The van der Waals surface area contributed by atoms with Gasteiger partial charge in [0.2, 0.25) is 0 Å². The molecule has 0 unspecified atom stereocenters.